The van der Waals surface area contributed by atoms with Crippen LogP contribution in [0.25, 0.3) is 0 Å². The van der Waals surface area contributed by atoms with Crippen molar-refractivity contribution in [3.8, 4) is 0 Å². The van der Waals surface area contributed by atoms with Crippen LogP contribution >= 0.6 is 0 Å². The molecule has 112 valence electrons. The Labute approximate surface area is 120 Å². The zero-order chi connectivity index (χ0) is 14.6. The molecule has 1 aromatic heterocycles. The molecule has 0 amide bonds. The molecule has 1 atom stereocenters. The van der Waals surface area contributed by atoms with E-state index in [4.69, 9.17) is 0 Å². The number of aromatic nitrogens is 2. The van der Waals surface area contributed by atoms with E-state index in [0.29, 0.717) is 18.5 Å². The van der Waals surface area contributed by atoms with Crippen molar-refractivity contribution in [1.82, 2.24) is 15.3 Å². The van der Waals surface area contributed by atoms with E-state index in [1.165, 1.54) is 0 Å². The molecule has 1 aliphatic rings. The lowest BCUT2D eigenvalue weighted by Gasteiger charge is -2.22. The van der Waals surface area contributed by atoms with Gasteiger partial charge in [-0.25, -0.2) is 4.98 Å². The van der Waals surface area contributed by atoms with Gasteiger partial charge in [0.2, 0.25) is 5.95 Å². The summed E-state index contributed by atoms with van der Waals surface area (Å²) in [5.74, 6) is 1.58. The third-order valence-electron chi connectivity index (χ3n) is 3.71. The Balaban J connectivity index is 1.98. The second-order valence-corrected chi connectivity index (χ2v) is 6.13. The Morgan fingerprint density at radius 1 is 1.50 bits per heavy atom. The van der Waals surface area contributed by atoms with Crippen LogP contribution < -0.4 is 15.5 Å². The number of rotatable bonds is 6. The lowest BCUT2D eigenvalue weighted by molar-refractivity contribution is 0.170. The number of likely N-dealkylation sites (N-methyl/N-ethyl adjacent to an activating group) is 1. The van der Waals surface area contributed by atoms with E-state index in [0.717, 1.165) is 25.3 Å². The summed E-state index contributed by atoms with van der Waals surface area (Å²) in [5, 5.41) is 15.8. The van der Waals surface area contributed by atoms with Crippen molar-refractivity contribution >= 4 is 11.8 Å². The van der Waals surface area contributed by atoms with Crippen LogP contribution in [0.2, 0.25) is 0 Å². The molecule has 0 aliphatic carbocycles. The molecule has 2 rings (SSSR count). The Bertz CT molecular complexity index is 437. The van der Waals surface area contributed by atoms with Crippen molar-refractivity contribution in [2.24, 2.45) is 5.41 Å². The van der Waals surface area contributed by atoms with Gasteiger partial charge in [0.25, 0.3) is 0 Å². The van der Waals surface area contributed by atoms with E-state index < -0.39 is 0 Å². The van der Waals surface area contributed by atoms with Crippen LogP contribution in [0.15, 0.2) is 12.3 Å². The zero-order valence-electron chi connectivity index (χ0n) is 12.6. The first-order valence-electron chi connectivity index (χ1n) is 7.14. The van der Waals surface area contributed by atoms with Crippen LogP contribution in [0, 0.1) is 5.41 Å². The molecule has 0 spiro atoms. The molecule has 0 radical (unpaired) electrons. The first-order chi connectivity index (χ1) is 9.54. The monoisotopic (exact) mass is 279 g/mol. The number of hydrogen-bond donors (Lipinski definition) is 3. The van der Waals surface area contributed by atoms with Crippen LogP contribution in [0.4, 0.5) is 11.8 Å². The molecular formula is C14H25N5O. The Kier molecular flexibility index (Phi) is 4.77. The molecule has 6 heteroatoms. The number of aliphatic hydroxyl groups excluding tert-OH is 1. The molecule has 1 aliphatic heterocycles. The molecule has 6 nitrogen and oxygen atoms in total. The van der Waals surface area contributed by atoms with Crippen molar-refractivity contribution in [2.45, 2.75) is 26.3 Å². The van der Waals surface area contributed by atoms with Crippen LogP contribution in [0.5, 0.6) is 0 Å². The summed E-state index contributed by atoms with van der Waals surface area (Å²) < 4.78 is 0. The maximum absolute atomic E-state index is 9.26. The van der Waals surface area contributed by atoms with Crippen LogP contribution in [0.3, 0.4) is 0 Å². The van der Waals surface area contributed by atoms with Crippen LogP contribution in [0.1, 0.15) is 20.3 Å². The number of nitrogens with zero attached hydrogens (tertiary/aromatic N) is 3. The van der Waals surface area contributed by atoms with E-state index >= 15 is 0 Å². The fourth-order valence-electron chi connectivity index (χ4n) is 2.19. The smallest absolute Gasteiger partial charge is 0.224 e. The minimum Gasteiger partial charge on any atom is -0.396 e. The molecule has 1 aromatic rings. The normalized spacial score (nSPS) is 19.4. The molecule has 0 unspecified atom stereocenters. The largest absolute Gasteiger partial charge is 0.396 e. The van der Waals surface area contributed by atoms with E-state index in [2.05, 4.69) is 25.5 Å². The maximum atomic E-state index is 9.26. The topological polar surface area (TPSA) is 73.3 Å². The summed E-state index contributed by atoms with van der Waals surface area (Å²) in [6.45, 7) is 6.78. The minimum absolute atomic E-state index is 0.135. The highest BCUT2D eigenvalue weighted by Crippen LogP contribution is 2.19. The van der Waals surface area contributed by atoms with Crippen LogP contribution in [-0.2, 0) is 0 Å². The first-order valence-corrected chi connectivity index (χ1v) is 7.14. The van der Waals surface area contributed by atoms with Crippen molar-refractivity contribution in [3.05, 3.63) is 12.3 Å². The highest BCUT2D eigenvalue weighted by atomic mass is 16.3. The van der Waals surface area contributed by atoms with Crippen LogP contribution in [-0.4, -0.2) is 54.4 Å². The molecular weight excluding hydrogens is 254 g/mol. The summed E-state index contributed by atoms with van der Waals surface area (Å²) in [4.78, 5) is 11.1. The Hall–Kier alpha value is -1.40. The first kappa shape index (κ1) is 15.0. The fourth-order valence-corrected chi connectivity index (χ4v) is 2.19. The molecule has 1 saturated heterocycles. The van der Waals surface area contributed by atoms with Gasteiger partial charge in [-0.1, -0.05) is 13.8 Å². The minimum atomic E-state index is -0.176. The molecule has 1 fully saturated rings. The summed E-state index contributed by atoms with van der Waals surface area (Å²) in [6, 6.07) is 2.48. The van der Waals surface area contributed by atoms with Gasteiger partial charge in [0.05, 0.1) is 0 Å². The predicted molar refractivity (Wildman–Crippen MR) is 81.1 cm³/mol. The van der Waals surface area contributed by atoms with Gasteiger partial charge in [-0.3, -0.25) is 0 Å². The van der Waals surface area contributed by atoms with Gasteiger partial charge >= 0.3 is 0 Å². The van der Waals surface area contributed by atoms with Gasteiger partial charge in [0.1, 0.15) is 5.82 Å². The molecule has 3 N–H and O–H groups in total. The Morgan fingerprint density at radius 3 is 2.95 bits per heavy atom. The quantitative estimate of drug-likeness (QED) is 0.712. The van der Waals surface area contributed by atoms with Gasteiger partial charge in [0.15, 0.2) is 0 Å². The SMILES string of the molecule is CN[C@@H]1CCN(c2ccnc(NCC(C)(C)CO)n2)C1. The van der Waals surface area contributed by atoms with E-state index in [-0.39, 0.29) is 12.0 Å². The standard InChI is InChI=1S/C14H25N5O/c1-14(2,10-20)9-17-13-16-6-4-12(18-13)19-7-5-11(8-19)15-3/h4,6,11,15,20H,5,7-10H2,1-3H3,(H,16,17,18)/t11-/m1/s1. The summed E-state index contributed by atoms with van der Waals surface area (Å²) >= 11 is 0. The Morgan fingerprint density at radius 2 is 2.30 bits per heavy atom. The lowest BCUT2D eigenvalue weighted by atomic mass is 9.95. The predicted octanol–water partition coefficient (Wildman–Crippen LogP) is 0.705. The van der Waals surface area contributed by atoms with Crippen molar-refractivity contribution in [1.29, 1.82) is 0 Å². The average Bonchev–Trinajstić information content (AvgIpc) is 2.95. The molecule has 2 heterocycles. The summed E-state index contributed by atoms with van der Waals surface area (Å²) in [5.41, 5.74) is -0.176. The third-order valence-corrected chi connectivity index (χ3v) is 3.71. The van der Waals surface area contributed by atoms with Crippen molar-refractivity contribution in [2.75, 3.05) is 43.5 Å². The highest BCUT2D eigenvalue weighted by Gasteiger charge is 2.22. The van der Waals surface area contributed by atoms with Gasteiger partial charge in [-0.05, 0) is 19.5 Å². The van der Waals surface area contributed by atoms with Crippen molar-refractivity contribution < 1.29 is 5.11 Å². The van der Waals surface area contributed by atoms with Crippen molar-refractivity contribution in [3.63, 3.8) is 0 Å². The number of aliphatic hydroxyl groups is 1. The maximum Gasteiger partial charge on any atom is 0.224 e. The average molecular weight is 279 g/mol. The third kappa shape index (κ3) is 3.80. The highest BCUT2D eigenvalue weighted by molar-refractivity contribution is 5.43. The number of hydrogen-bond acceptors (Lipinski definition) is 6. The molecule has 0 saturated carbocycles. The fraction of sp³-hybridized carbons (Fsp3) is 0.714. The van der Waals surface area contributed by atoms with Gasteiger partial charge < -0.3 is 20.6 Å². The second kappa shape index (κ2) is 6.37. The van der Waals surface area contributed by atoms with Gasteiger partial charge in [-0.15, -0.1) is 0 Å². The van der Waals surface area contributed by atoms with E-state index in [9.17, 15) is 5.11 Å². The molecule has 0 aromatic carbocycles. The van der Waals surface area contributed by atoms with Gasteiger partial charge in [0, 0.05) is 43.9 Å². The number of nitrogens with one attached hydrogen (secondary N) is 2. The summed E-state index contributed by atoms with van der Waals surface area (Å²) in [7, 11) is 2.00. The van der Waals surface area contributed by atoms with E-state index in [1.807, 2.05) is 27.0 Å². The molecule has 20 heavy (non-hydrogen) atoms. The summed E-state index contributed by atoms with van der Waals surface area (Å²) in [6.07, 6.45) is 2.92. The van der Waals surface area contributed by atoms with E-state index in [1.54, 1.807) is 6.20 Å². The second-order valence-electron chi connectivity index (χ2n) is 6.13. The number of anilines is 2. The molecule has 0 bridgehead atoms. The van der Waals surface area contributed by atoms with Gasteiger partial charge in [-0.2, -0.15) is 4.98 Å². The zero-order valence-corrected chi connectivity index (χ0v) is 12.6. The lowest BCUT2D eigenvalue weighted by Crippen LogP contribution is -2.30.